The lowest BCUT2D eigenvalue weighted by molar-refractivity contribution is 0.0897. The van der Waals surface area contributed by atoms with Gasteiger partial charge < -0.3 is 23.5 Å². The van der Waals surface area contributed by atoms with Crippen LogP contribution in [0.4, 0.5) is 10.3 Å². The number of hydrogen-bond donors (Lipinski definition) is 0. The second-order valence-electron chi connectivity index (χ2n) is 8.89. The van der Waals surface area contributed by atoms with E-state index >= 15 is 0 Å². The monoisotopic (exact) mass is 558 g/mol. The van der Waals surface area contributed by atoms with Gasteiger partial charge in [-0.05, 0) is 30.7 Å². The van der Waals surface area contributed by atoms with Crippen LogP contribution in [0, 0.1) is 5.82 Å². The van der Waals surface area contributed by atoms with Gasteiger partial charge in [-0.25, -0.2) is 22.8 Å². The molecule has 1 aromatic carbocycles. The van der Waals surface area contributed by atoms with Crippen LogP contribution in [0.2, 0.25) is 0 Å². The van der Waals surface area contributed by atoms with Gasteiger partial charge in [0.2, 0.25) is 11.8 Å². The molecular formula is C25H27FN6O6S. The van der Waals surface area contributed by atoms with Gasteiger partial charge in [0.05, 0.1) is 44.2 Å². The van der Waals surface area contributed by atoms with Crippen LogP contribution in [-0.2, 0) is 20.3 Å². The Morgan fingerprint density at radius 1 is 1.03 bits per heavy atom. The summed E-state index contributed by atoms with van der Waals surface area (Å²) in [6.45, 7) is 0.469. The molecule has 0 aliphatic carbocycles. The SMILES string of the molecule is COc1cccc(OC)c1-n1c(CS(=O)(=O)[C@@H]2C[C@@H](OC)CN(c3ncc(F)cn3)C2)nnc1-c1ccco1. The first-order chi connectivity index (χ1) is 18.8. The molecule has 1 saturated heterocycles. The number of anilines is 1. The quantitative estimate of drug-likeness (QED) is 0.300. The van der Waals surface area contributed by atoms with Gasteiger partial charge in [-0.15, -0.1) is 10.2 Å². The Morgan fingerprint density at radius 3 is 2.36 bits per heavy atom. The average molecular weight is 559 g/mol. The molecule has 4 heterocycles. The minimum Gasteiger partial charge on any atom is -0.494 e. The van der Waals surface area contributed by atoms with Crippen LogP contribution in [0.5, 0.6) is 11.5 Å². The lowest BCUT2D eigenvalue weighted by atomic mass is 10.1. The van der Waals surface area contributed by atoms with Crippen LogP contribution >= 0.6 is 0 Å². The largest absolute Gasteiger partial charge is 0.494 e. The molecule has 14 heteroatoms. The number of rotatable bonds is 9. The predicted octanol–water partition coefficient (Wildman–Crippen LogP) is 2.68. The van der Waals surface area contributed by atoms with E-state index < -0.39 is 32.8 Å². The Hall–Kier alpha value is -4.04. The van der Waals surface area contributed by atoms with Gasteiger partial charge in [-0.3, -0.25) is 4.57 Å². The van der Waals surface area contributed by atoms with Crippen LogP contribution < -0.4 is 14.4 Å². The number of benzene rings is 1. The molecule has 0 amide bonds. The summed E-state index contributed by atoms with van der Waals surface area (Å²) in [6, 6.07) is 8.61. The summed E-state index contributed by atoms with van der Waals surface area (Å²) < 4.78 is 65.0. The summed E-state index contributed by atoms with van der Waals surface area (Å²) in [6.07, 6.45) is 3.43. The zero-order chi connectivity index (χ0) is 27.6. The summed E-state index contributed by atoms with van der Waals surface area (Å²) in [5.41, 5.74) is 0.434. The average Bonchev–Trinajstić information content (AvgIpc) is 3.62. The number of hydrogen-bond acceptors (Lipinski definition) is 11. The highest BCUT2D eigenvalue weighted by molar-refractivity contribution is 7.91. The summed E-state index contributed by atoms with van der Waals surface area (Å²) in [4.78, 5) is 9.72. The first kappa shape index (κ1) is 26.6. The van der Waals surface area contributed by atoms with Crippen LogP contribution in [0.25, 0.3) is 17.3 Å². The number of halogens is 1. The molecule has 0 N–H and O–H groups in total. The molecule has 3 aromatic heterocycles. The number of piperidine rings is 1. The van der Waals surface area contributed by atoms with Crippen LogP contribution in [0.15, 0.2) is 53.4 Å². The molecule has 1 aliphatic rings. The number of sulfone groups is 1. The van der Waals surface area contributed by atoms with E-state index in [4.69, 9.17) is 18.6 Å². The van der Waals surface area contributed by atoms with Gasteiger partial charge in [0.25, 0.3) is 0 Å². The van der Waals surface area contributed by atoms with E-state index in [-0.39, 0.29) is 30.6 Å². The van der Waals surface area contributed by atoms with Crippen molar-refractivity contribution in [2.45, 2.75) is 23.5 Å². The first-order valence-corrected chi connectivity index (χ1v) is 13.7. The third-order valence-electron chi connectivity index (χ3n) is 6.53. The Bertz CT molecular complexity index is 1500. The molecule has 39 heavy (non-hydrogen) atoms. The molecule has 5 rings (SSSR count). The lowest BCUT2D eigenvalue weighted by Gasteiger charge is -2.36. The van der Waals surface area contributed by atoms with E-state index in [1.54, 1.807) is 39.8 Å². The summed E-state index contributed by atoms with van der Waals surface area (Å²) in [5.74, 6) is 0.870. The Balaban J connectivity index is 1.54. The highest BCUT2D eigenvalue weighted by atomic mass is 32.2. The molecule has 0 bridgehead atoms. The Morgan fingerprint density at radius 2 is 1.74 bits per heavy atom. The number of para-hydroxylation sites is 1. The standard InChI is InChI=1S/C25H27FN6O6S/c1-35-17-10-18(14-31(13-17)25-27-11-16(26)12-28-25)39(33,34)15-22-29-30-24(21-8-5-9-38-21)32(22)23-19(36-2)6-4-7-20(23)37-3/h4-9,11-12,17-18H,10,13-15H2,1-3H3/t17-,18-/m1/s1. The smallest absolute Gasteiger partial charge is 0.225 e. The Kier molecular flexibility index (Phi) is 7.48. The minimum absolute atomic E-state index is 0.102. The number of ether oxygens (including phenoxy) is 3. The summed E-state index contributed by atoms with van der Waals surface area (Å²) in [7, 11) is 0.686. The maximum Gasteiger partial charge on any atom is 0.225 e. The van der Waals surface area contributed by atoms with Crippen molar-refractivity contribution in [3.8, 4) is 28.8 Å². The number of methoxy groups -OCH3 is 3. The minimum atomic E-state index is -3.84. The molecule has 1 fully saturated rings. The zero-order valence-electron chi connectivity index (χ0n) is 21.5. The van der Waals surface area contributed by atoms with E-state index in [1.165, 1.54) is 27.6 Å². The van der Waals surface area contributed by atoms with Gasteiger partial charge in [-0.2, -0.15) is 0 Å². The maximum atomic E-state index is 13.9. The Labute approximate surface area is 224 Å². The number of furan rings is 1. The predicted molar refractivity (Wildman–Crippen MR) is 138 cm³/mol. The molecule has 0 spiro atoms. The fraction of sp³-hybridized carbons (Fsp3) is 0.360. The molecule has 4 aromatic rings. The molecule has 0 radical (unpaired) electrons. The van der Waals surface area contributed by atoms with Crippen molar-refractivity contribution in [2.24, 2.45) is 0 Å². The topological polar surface area (TPSA) is 135 Å². The van der Waals surface area contributed by atoms with Crippen molar-refractivity contribution in [3.63, 3.8) is 0 Å². The maximum absolute atomic E-state index is 13.9. The van der Waals surface area contributed by atoms with Crippen LogP contribution in [0.3, 0.4) is 0 Å². The van der Waals surface area contributed by atoms with Crippen molar-refractivity contribution in [1.82, 2.24) is 24.7 Å². The first-order valence-electron chi connectivity index (χ1n) is 12.0. The molecule has 206 valence electrons. The van der Waals surface area contributed by atoms with Crippen LogP contribution in [-0.4, -0.2) is 78.9 Å². The van der Waals surface area contributed by atoms with Crippen molar-refractivity contribution >= 4 is 15.8 Å². The third-order valence-corrected chi connectivity index (χ3v) is 8.55. The highest BCUT2D eigenvalue weighted by Gasteiger charge is 2.38. The van der Waals surface area contributed by atoms with E-state index in [1.807, 2.05) is 0 Å². The second kappa shape index (κ2) is 11.0. The van der Waals surface area contributed by atoms with E-state index in [9.17, 15) is 12.8 Å². The van der Waals surface area contributed by atoms with Crippen molar-refractivity contribution in [3.05, 3.63) is 60.6 Å². The second-order valence-corrected chi connectivity index (χ2v) is 11.2. The summed E-state index contributed by atoms with van der Waals surface area (Å²) >= 11 is 0. The summed E-state index contributed by atoms with van der Waals surface area (Å²) in [5, 5.41) is 7.68. The van der Waals surface area contributed by atoms with Crippen LogP contribution in [0.1, 0.15) is 12.2 Å². The molecule has 12 nitrogen and oxygen atoms in total. The molecule has 1 aliphatic heterocycles. The lowest BCUT2D eigenvalue weighted by Crippen LogP contribution is -2.50. The van der Waals surface area contributed by atoms with Gasteiger partial charge >= 0.3 is 0 Å². The molecule has 0 saturated carbocycles. The van der Waals surface area contributed by atoms with Gasteiger partial charge in [0.1, 0.15) is 22.9 Å². The molecular weight excluding hydrogens is 531 g/mol. The van der Waals surface area contributed by atoms with Gasteiger partial charge in [-0.1, -0.05) is 6.07 Å². The van der Waals surface area contributed by atoms with Gasteiger partial charge in [0, 0.05) is 20.2 Å². The highest BCUT2D eigenvalue weighted by Crippen LogP contribution is 2.37. The normalized spacial score (nSPS) is 17.8. The zero-order valence-corrected chi connectivity index (χ0v) is 22.3. The van der Waals surface area contributed by atoms with Gasteiger partial charge in [0.15, 0.2) is 27.2 Å². The van der Waals surface area contributed by atoms with Crippen molar-refractivity contribution in [1.29, 1.82) is 0 Å². The van der Waals surface area contributed by atoms with Crippen molar-refractivity contribution in [2.75, 3.05) is 39.3 Å². The van der Waals surface area contributed by atoms with E-state index in [0.717, 1.165) is 12.4 Å². The number of aromatic nitrogens is 5. The number of nitrogens with zero attached hydrogens (tertiary/aromatic N) is 6. The van der Waals surface area contributed by atoms with Crippen molar-refractivity contribution < 1.29 is 31.4 Å². The molecule has 0 unspecified atom stereocenters. The third kappa shape index (κ3) is 5.29. The fourth-order valence-electron chi connectivity index (χ4n) is 4.63. The molecule has 2 atom stereocenters. The fourth-order valence-corrected chi connectivity index (χ4v) is 6.33. The van der Waals surface area contributed by atoms with E-state index in [0.29, 0.717) is 29.5 Å². The van der Waals surface area contributed by atoms with E-state index in [2.05, 4.69) is 20.2 Å².